The van der Waals surface area contributed by atoms with Crippen LogP contribution in [0, 0.1) is 0 Å². The Morgan fingerprint density at radius 2 is 2.04 bits per heavy atom. The van der Waals surface area contributed by atoms with Gasteiger partial charge in [-0.3, -0.25) is 15.0 Å². The van der Waals surface area contributed by atoms with Crippen LogP contribution in [0.2, 0.25) is 0 Å². The molecule has 1 N–H and O–H groups in total. The van der Waals surface area contributed by atoms with E-state index in [-0.39, 0.29) is 11.7 Å². The average molecular weight is 394 g/mol. The lowest BCUT2D eigenvalue weighted by atomic mass is 10.1. The van der Waals surface area contributed by atoms with Gasteiger partial charge in [-0.15, -0.1) is 11.3 Å². The number of carbonyl (C=O) groups excluding carboxylic acids is 1. The minimum absolute atomic E-state index is 0.0780. The van der Waals surface area contributed by atoms with E-state index in [9.17, 15) is 13.2 Å². The number of likely N-dealkylation sites (tertiary alicyclic amines) is 1. The zero-order chi connectivity index (χ0) is 18.6. The van der Waals surface area contributed by atoms with Gasteiger partial charge in [0.15, 0.2) is 15.0 Å². The van der Waals surface area contributed by atoms with E-state index in [0.717, 1.165) is 25.3 Å². The fraction of sp³-hybridized carbons (Fsp3) is 0.444. The van der Waals surface area contributed by atoms with Crippen molar-refractivity contribution in [2.24, 2.45) is 0 Å². The van der Waals surface area contributed by atoms with Crippen LogP contribution in [0.3, 0.4) is 0 Å². The highest BCUT2D eigenvalue weighted by Gasteiger charge is 2.14. The number of hydrogen-bond donors (Lipinski definition) is 1. The number of aromatic nitrogens is 1. The summed E-state index contributed by atoms with van der Waals surface area (Å²) in [4.78, 5) is 19.3. The second-order valence-corrected chi connectivity index (χ2v) is 9.70. The van der Waals surface area contributed by atoms with Crippen LogP contribution in [0.5, 0.6) is 0 Å². The maximum Gasteiger partial charge on any atom is 0.257 e. The molecule has 0 bridgehead atoms. The molecule has 6 nitrogen and oxygen atoms in total. The van der Waals surface area contributed by atoms with Gasteiger partial charge < -0.3 is 0 Å². The van der Waals surface area contributed by atoms with Crippen molar-refractivity contribution in [2.75, 3.05) is 24.7 Å². The zero-order valence-electron chi connectivity index (χ0n) is 14.8. The Bertz CT molecular complexity index is 871. The van der Waals surface area contributed by atoms with Crippen LogP contribution >= 0.6 is 11.3 Å². The van der Waals surface area contributed by atoms with Crippen LogP contribution in [-0.4, -0.2) is 43.6 Å². The van der Waals surface area contributed by atoms with Crippen molar-refractivity contribution >= 4 is 32.2 Å². The Morgan fingerprint density at radius 1 is 1.27 bits per heavy atom. The third-order valence-electron chi connectivity index (χ3n) is 4.22. The highest BCUT2D eigenvalue weighted by Crippen LogP contribution is 2.20. The molecule has 8 heteroatoms. The first-order chi connectivity index (χ1) is 12.4. The standard InChI is InChI=1S/C18H23N3O3S2/c1-26(23,24)13-14-6-5-7-15(10-14)17(22)20-18-19-16(12-25-18)11-21-8-3-2-4-9-21/h5-7,10,12H,2-4,8-9,11,13H2,1H3,(H,19,20,22). The highest BCUT2D eigenvalue weighted by molar-refractivity contribution is 7.89. The van der Waals surface area contributed by atoms with Gasteiger partial charge in [-0.2, -0.15) is 0 Å². The van der Waals surface area contributed by atoms with Gasteiger partial charge >= 0.3 is 0 Å². The number of piperidine rings is 1. The molecule has 0 radical (unpaired) electrons. The topological polar surface area (TPSA) is 79.4 Å². The van der Waals surface area contributed by atoms with E-state index in [2.05, 4.69) is 15.2 Å². The van der Waals surface area contributed by atoms with Gasteiger partial charge in [0.1, 0.15) is 0 Å². The van der Waals surface area contributed by atoms with Crippen LogP contribution in [0.1, 0.15) is 40.9 Å². The van der Waals surface area contributed by atoms with E-state index in [4.69, 9.17) is 0 Å². The van der Waals surface area contributed by atoms with Crippen molar-refractivity contribution in [1.82, 2.24) is 9.88 Å². The molecule has 26 heavy (non-hydrogen) atoms. The molecule has 2 heterocycles. The van der Waals surface area contributed by atoms with Gasteiger partial charge in [0.2, 0.25) is 0 Å². The van der Waals surface area contributed by atoms with E-state index in [0.29, 0.717) is 16.3 Å². The number of amides is 1. The second kappa shape index (κ2) is 8.28. The monoisotopic (exact) mass is 393 g/mol. The van der Waals surface area contributed by atoms with E-state index >= 15 is 0 Å². The molecule has 1 aromatic carbocycles. The minimum atomic E-state index is -3.14. The van der Waals surface area contributed by atoms with Crippen LogP contribution in [-0.2, 0) is 22.1 Å². The van der Waals surface area contributed by atoms with Crippen molar-refractivity contribution in [3.05, 3.63) is 46.5 Å². The molecule has 1 aliphatic rings. The Balaban J connectivity index is 1.62. The number of carbonyl (C=O) groups is 1. The fourth-order valence-electron chi connectivity index (χ4n) is 3.06. The van der Waals surface area contributed by atoms with Crippen LogP contribution < -0.4 is 5.32 Å². The normalized spacial score (nSPS) is 15.7. The Labute approximate surface area is 158 Å². The van der Waals surface area contributed by atoms with Crippen molar-refractivity contribution in [3.63, 3.8) is 0 Å². The first kappa shape index (κ1) is 19.0. The molecule has 2 aromatic rings. The van der Waals surface area contributed by atoms with E-state index in [1.54, 1.807) is 24.3 Å². The first-order valence-corrected chi connectivity index (χ1v) is 11.6. The van der Waals surface area contributed by atoms with E-state index in [1.165, 1.54) is 36.9 Å². The summed E-state index contributed by atoms with van der Waals surface area (Å²) >= 11 is 1.41. The average Bonchev–Trinajstić information content (AvgIpc) is 3.01. The number of benzene rings is 1. The van der Waals surface area contributed by atoms with Crippen LogP contribution in [0.15, 0.2) is 29.6 Å². The summed E-state index contributed by atoms with van der Waals surface area (Å²) in [6.45, 7) is 3.02. The van der Waals surface area contributed by atoms with Gasteiger partial charge in [-0.1, -0.05) is 18.6 Å². The molecule has 0 spiro atoms. The SMILES string of the molecule is CS(=O)(=O)Cc1cccc(C(=O)Nc2nc(CN3CCCCC3)cs2)c1. The van der Waals surface area contributed by atoms with Crippen molar-refractivity contribution in [2.45, 2.75) is 31.6 Å². The number of nitrogens with zero attached hydrogens (tertiary/aromatic N) is 2. The highest BCUT2D eigenvalue weighted by atomic mass is 32.2. The smallest absolute Gasteiger partial charge is 0.257 e. The molecule has 1 fully saturated rings. The van der Waals surface area contributed by atoms with Gasteiger partial charge in [0, 0.05) is 23.7 Å². The molecule has 1 saturated heterocycles. The first-order valence-electron chi connectivity index (χ1n) is 8.64. The maximum absolute atomic E-state index is 12.4. The maximum atomic E-state index is 12.4. The molecule has 0 saturated carbocycles. The molecule has 1 amide bonds. The van der Waals surface area contributed by atoms with Crippen molar-refractivity contribution in [3.8, 4) is 0 Å². The van der Waals surface area contributed by atoms with Crippen LogP contribution in [0.25, 0.3) is 0 Å². The van der Waals surface area contributed by atoms with Crippen molar-refractivity contribution < 1.29 is 13.2 Å². The van der Waals surface area contributed by atoms with Gasteiger partial charge in [0.05, 0.1) is 11.4 Å². The lowest BCUT2D eigenvalue weighted by Crippen LogP contribution is -2.29. The molecule has 0 aliphatic carbocycles. The largest absolute Gasteiger partial charge is 0.298 e. The van der Waals surface area contributed by atoms with Gasteiger partial charge in [-0.25, -0.2) is 13.4 Å². The molecule has 3 rings (SSSR count). The Kier molecular flexibility index (Phi) is 6.05. The number of rotatable bonds is 6. The number of anilines is 1. The summed E-state index contributed by atoms with van der Waals surface area (Å²) in [6, 6.07) is 6.68. The van der Waals surface area contributed by atoms with Crippen molar-refractivity contribution in [1.29, 1.82) is 0 Å². The van der Waals surface area contributed by atoms with E-state index in [1.807, 2.05) is 5.38 Å². The lowest BCUT2D eigenvalue weighted by Gasteiger charge is -2.25. The summed E-state index contributed by atoms with van der Waals surface area (Å²) in [7, 11) is -3.14. The molecule has 1 aliphatic heterocycles. The summed E-state index contributed by atoms with van der Waals surface area (Å²) in [5.74, 6) is -0.357. The number of thiazole rings is 1. The molecular formula is C18H23N3O3S2. The lowest BCUT2D eigenvalue weighted by molar-refractivity contribution is 0.102. The number of sulfone groups is 1. The Morgan fingerprint density at radius 3 is 2.77 bits per heavy atom. The van der Waals surface area contributed by atoms with Gasteiger partial charge in [-0.05, 0) is 43.6 Å². The molecule has 140 valence electrons. The Hall–Kier alpha value is -1.77. The second-order valence-electron chi connectivity index (χ2n) is 6.71. The minimum Gasteiger partial charge on any atom is -0.298 e. The number of hydrogen-bond acceptors (Lipinski definition) is 6. The number of nitrogens with one attached hydrogen (secondary N) is 1. The predicted octanol–water partition coefficient (Wildman–Crippen LogP) is 2.93. The van der Waals surface area contributed by atoms with Crippen LogP contribution in [0.4, 0.5) is 5.13 Å². The summed E-state index contributed by atoms with van der Waals surface area (Å²) < 4.78 is 22.9. The third-order valence-corrected chi connectivity index (χ3v) is 5.89. The summed E-state index contributed by atoms with van der Waals surface area (Å²) in [6.07, 6.45) is 4.95. The fourth-order valence-corrected chi connectivity index (χ4v) is 4.54. The predicted molar refractivity (Wildman–Crippen MR) is 104 cm³/mol. The summed E-state index contributed by atoms with van der Waals surface area (Å²) in [5.41, 5.74) is 2.00. The third kappa shape index (κ3) is 5.62. The zero-order valence-corrected chi connectivity index (χ0v) is 16.4. The molecule has 0 unspecified atom stereocenters. The quantitative estimate of drug-likeness (QED) is 0.816. The molecular weight excluding hydrogens is 370 g/mol. The molecule has 1 aromatic heterocycles. The summed E-state index contributed by atoms with van der Waals surface area (Å²) in [5, 5.41) is 5.35. The van der Waals surface area contributed by atoms with Gasteiger partial charge in [0.25, 0.3) is 5.91 Å². The van der Waals surface area contributed by atoms with E-state index < -0.39 is 9.84 Å². The molecule has 0 atom stereocenters.